The van der Waals surface area contributed by atoms with Gasteiger partial charge in [-0.2, -0.15) is 0 Å². The number of nitrogens with one attached hydrogen (secondary N) is 3. The zero-order valence-corrected chi connectivity index (χ0v) is 29.4. The Bertz CT molecular complexity index is 1880. The molecule has 1 aliphatic rings. The average molecular weight is 669 g/mol. The number of nitrogens with zero attached hydrogens (tertiary/aromatic N) is 1. The van der Waals surface area contributed by atoms with Gasteiger partial charge in [-0.25, -0.2) is 0 Å². The Labute approximate surface area is 288 Å². The van der Waals surface area contributed by atoms with E-state index in [0.29, 0.717) is 54.7 Å². The zero-order chi connectivity index (χ0) is 35.1. The second-order valence-corrected chi connectivity index (χ2v) is 13.0. The Hall–Kier alpha value is -4.99. The molecule has 260 valence electrons. The molecule has 1 aromatic heterocycles. The van der Waals surface area contributed by atoms with Gasteiger partial charge < -0.3 is 34.7 Å². The van der Waals surface area contributed by atoms with Crippen LogP contribution in [0.25, 0.3) is 22.0 Å². The summed E-state index contributed by atoms with van der Waals surface area (Å²) in [5, 5.41) is 10.5. The van der Waals surface area contributed by atoms with Crippen molar-refractivity contribution in [3.8, 4) is 28.4 Å². The molecule has 1 heterocycles. The molecule has 0 bridgehead atoms. The van der Waals surface area contributed by atoms with Crippen LogP contribution < -0.4 is 35.6 Å². The number of aryl methyl sites for hydroxylation is 1. The molecule has 10 heteroatoms. The molecular weight excluding hydrogens is 620 g/mol. The number of anilines is 2. The molecule has 5 rings (SSSR count). The number of benzene rings is 2. The molecule has 1 unspecified atom stereocenters. The number of rotatable bonds is 14. The minimum Gasteiger partial charge on any atom is -0.493 e. The van der Waals surface area contributed by atoms with Crippen molar-refractivity contribution in [2.45, 2.75) is 71.9 Å². The third-order valence-corrected chi connectivity index (χ3v) is 8.93. The number of carbonyl (C=O) groups excluding carboxylic acids is 2. The van der Waals surface area contributed by atoms with E-state index in [1.807, 2.05) is 24.3 Å². The van der Waals surface area contributed by atoms with Crippen LogP contribution in [-0.2, 0) is 22.6 Å². The Kier molecular flexibility index (Phi) is 11.5. The molecule has 0 aliphatic heterocycles. The van der Waals surface area contributed by atoms with Crippen LogP contribution in [0.15, 0.2) is 59.5 Å². The molecule has 10 nitrogen and oxygen atoms in total. The number of hydrogen-bond donors (Lipinski definition) is 3. The van der Waals surface area contributed by atoms with Crippen LogP contribution >= 0.6 is 0 Å². The number of fused-ring (bicyclic) bond motifs is 4. The highest BCUT2D eigenvalue weighted by atomic mass is 16.5. The molecule has 0 spiro atoms. The highest BCUT2D eigenvalue weighted by Gasteiger charge is 2.29. The van der Waals surface area contributed by atoms with Gasteiger partial charge in [0.1, 0.15) is 0 Å². The van der Waals surface area contributed by atoms with Crippen LogP contribution in [0.2, 0.25) is 0 Å². The first-order chi connectivity index (χ1) is 23.6. The van der Waals surface area contributed by atoms with Gasteiger partial charge in [0.25, 0.3) is 0 Å². The van der Waals surface area contributed by atoms with E-state index >= 15 is 0 Å². The van der Waals surface area contributed by atoms with Crippen LogP contribution in [0.4, 0.5) is 11.4 Å². The van der Waals surface area contributed by atoms with E-state index < -0.39 is 0 Å². The normalized spacial score (nSPS) is 13.7. The van der Waals surface area contributed by atoms with E-state index in [-0.39, 0.29) is 23.3 Å². The number of unbranched alkanes of at least 4 members (excludes halogenated alkanes) is 2. The molecule has 4 aromatic rings. The maximum atomic E-state index is 13.5. The summed E-state index contributed by atoms with van der Waals surface area (Å²) in [5.74, 6) is 1.90. The van der Waals surface area contributed by atoms with Gasteiger partial charge in [-0.15, -0.1) is 0 Å². The number of hydrogen-bond acceptors (Lipinski definition) is 7. The topological polar surface area (TPSA) is 120 Å². The molecule has 0 radical (unpaired) electrons. The molecule has 0 fully saturated rings. The van der Waals surface area contributed by atoms with Crippen LogP contribution in [0.1, 0.15) is 70.0 Å². The van der Waals surface area contributed by atoms with Crippen molar-refractivity contribution in [3.05, 3.63) is 76.1 Å². The number of amides is 2. The maximum absolute atomic E-state index is 13.5. The first kappa shape index (κ1) is 35.3. The van der Waals surface area contributed by atoms with Crippen molar-refractivity contribution in [2.75, 3.05) is 38.5 Å². The van der Waals surface area contributed by atoms with Gasteiger partial charge in [0.2, 0.25) is 23.0 Å². The standard InChI is InChI=1S/C39H48N4O6/c1-24(2)23-43-19-17-26-20-28(12-16-33(26)43)42-36(46)10-8-7-9-18-40-32-15-13-29-30(22-34(32)45)31(41-25(3)44)14-11-27-21-35(47-4)38(48-5)39(49-6)37(27)29/h12-13,15-17,19-22,24,31H,7-11,14,18,23H2,1-6H3,(H,40,45)(H,41,44)(H,42,46). The highest BCUT2D eigenvalue weighted by Crippen LogP contribution is 2.50. The Morgan fingerprint density at radius 3 is 2.45 bits per heavy atom. The Morgan fingerprint density at radius 2 is 1.73 bits per heavy atom. The van der Waals surface area contributed by atoms with Gasteiger partial charge in [-0.3, -0.25) is 14.4 Å². The van der Waals surface area contributed by atoms with Crippen molar-refractivity contribution >= 4 is 34.1 Å². The third kappa shape index (κ3) is 8.18. The molecular formula is C39H48N4O6. The first-order valence-corrected chi connectivity index (χ1v) is 17.0. The molecule has 49 heavy (non-hydrogen) atoms. The van der Waals surface area contributed by atoms with Gasteiger partial charge in [0.05, 0.1) is 33.1 Å². The lowest BCUT2D eigenvalue weighted by molar-refractivity contribution is -0.119. The summed E-state index contributed by atoms with van der Waals surface area (Å²) in [4.78, 5) is 38.4. The molecule has 2 amide bonds. The molecule has 0 saturated carbocycles. The predicted molar refractivity (Wildman–Crippen MR) is 195 cm³/mol. The van der Waals surface area contributed by atoms with Gasteiger partial charge in [-0.05, 0) is 90.8 Å². The largest absolute Gasteiger partial charge is 0.493 e. The van der Waals surface area contributed by atoms with E-state index in [9.17, 15) is 14.4 Å². The maximum Gasteiger partial charge on any atom is 0.224 e. The molecule has 1 atom stereocenters. The molecule has 3 N–H and O–H groups in total. The van der Waals surface area contributed by atoms with Crippen LogP contribution in [-0.4, -0.2) is 44.3 Å². The molecule has 1 aliphatic carbocycles. The fourth-order valence-electron chi connectivity index (χ4n) is 6.72. The fraction of sp³-hybridized carbons (Fsp3) is 0.410. The molecule has 3 aromatic carbocycles. The van der Waals surface area contributed by atoms with Crippen LogP contribution in [0, 0.1) is 5.92 Å². The minimum absolute atomic E-state index is 0.00830. The first-order valence-electron chi connectivity index (χ1n) is 17.0. The van der Waals surface area contributed by atoms with Crippen molar-refractivity contribution < 1.29 is 23.8 Å². The van der Waals surface area contributed by atoms with Crippen LogP contribution in [0.5, 0.6) is 17.2 Å². The summed E-state index contributed by atoms with van der Waals surface area (Å²) in [6, 6.07) is 15.0. The second-order valence-electron chi connectivity index (χ2n) is 13.0. The minimum atomic E-state index is -0.367. The lowest BCUT2D eigenvalue weighted by atomic mass is 9.95. The van der Waals surface area contributed by atoms with Crippen molar-refractivity contribution in [2.24, 2.45) is 5.92 Å². The van der Waals surface area contributed by atoms with Crippen molar-refractivity contribution in [1.29, 1.82) is 0 Å². The smallest absolute Gasteiger partial charge is 0.224 e. The zero-order valence-electron chi connectivity index (χ0n) is 29.4. The Morgan fingerprint density at radius 1 is 0.939 bits per heavy atom. The molecule has 0 saturated heterocycles. The average Bonchev–Trinajstić information content (AvgIpc) is 3.30. The quantitative estimate of drug-likeness (QED) is 0.123. The number of carbonyl (C=O) groups is 2. The van der Waals surface area contributed by atoms with Gasteiger partial charge >= 0.3 is 0 Å². The summed E-state index contributed by atoms with van der Waals surface area (Å²) >= 11 is 0. The summed E-state index contributed by atoms with van der Waals surface area (Å²) in [6.07, 6.45) is 6.11. The van der Waals surface area contributed by atoms with E-state index in [2.05, 4.69) is 52.7 Å². The van der Waals surface area contributed by atoms with E-state index in [4.69, 9.17) is 14.2 Å². The van der Waals surface area contributed by atoms with Gasteiger partial charge in [-0.1, -0.05) is 26.3 Å². The van der Waals surface area contributed by atoms with Crippen LogP contribution in [0.3, 0.4) is 0 Å². The van der Waals surface area contributed by atoms with Crippen molar-refractivity contribution in [1.82, 2.24) is 9.88 Å². The fourth-order valence-corrected chi connectivity index (χ4v) is 6.72. The summed E-state index contributed by atoms with van der Waals surface area (Å²) in [6.45, 7) is 7.42. The third-order valence-electron chi connectivity index (χ3n) is 8.93. The second kappa shape index (κ2) is 15.9. The number of methoxy groups -OCH3 is 3. The number of ether oxygens (including phenoxy) is 3. The monoisotopic (exact) mass is 668 g/mol. The summed E-state index contributed by atoms with van der Waals surface area (Å²) in [5.41, 5.74) is 5.55. The Balaban J connectivity index is 1.24. The van der Waals surface area contributed by atoms with E-state index in [1.165, 1.54) is 12.4 Å². The summed E-state index contributed by atoms with van der Waals surface area (Å²) < 4.78 is 19.4. The lowest BCUT2D eigenvalue weighted by Gasteiger charge is -2.19. The van der Waals surface area contributed by atoms with E-state index in [1.54, 1.807) is 33.5 Å². The van der Waals surface area contributed by atoms with E-state index in [0.717, 1.165) is 59.1 Å². The summed E-state index contributed by atoms with van der Waals surface area (Å²) in [7, 11) is 4.73. The van der Waals surface area contributed by atoms with Crippen molar-refractivity contribution in [3.63, 3.8) is 0 Å². The van der Waals surface area contributed by atoms with Gasteiger partial charge in [0.15, 0.2) is 11.5 Å². The predicted octanol–water partition coefficient (Wildman–Crippen LogP) is 7.08. The SMILES string of the molecule is COc1cc2c(c(OC)c1OC)-c1ccc(NCCCCCC(=O)Nc3ccc4c(ccn4CC(C)C)c3)c(=O)cc1C(NC(C)=O)CC2. The van der Waals surface area contributed by atoms with Gasteiger partial charge in [0, 0.05) is 54.8 Å². The number of aromatic nitrogens is 1. The lowest BCUT2D eigenvalue weighted by Crippen LogP contribution is -2.26. The highest BCUT2D eigenvalue weighted by molar-refractivity contribution is 5.94.